The van der Waals surface area contributed by atoms with Crippen LogP contribution in [-0.2, 0) is 16.2 Å². The first-order valence-corrected chi connectivity index (χ1v) is 11.6. The van der Waals surface area contributed by atoms with Crippen molar-refractivity contribution in [1.29, 1.82) is 0 Å². The smallest absolute Gasteiger partial charge is 0.240 e. The number of rotatable bonds is 10. The van der Waals surface area contributed by atoms with Gasteiger partial charge in [-0.2, -0.15) is 5.10 Å². The highest BCUT2D eigenvalue weighted by Gasteiger charge is 2.10. The molecule has 3 rings (SSSR count). The number of carbonyl (C=O) groups is 2. The van der Waals surface area contributed by atoms with E-state index in [9.17, 15) is 9.59 Å². The zero-order chi connectivity index (χ0) is 25.2. The summed E-state index contributed by atoms with van der Waals surface area (Å²) in [5.41, 5.74) is 4.35. The van der Waals surface area contributed by atoms with E-state index in [4.69, 9.17) is 44.3 Å². The summed E-state index contributed by atoms with van der Waals surface area (Å²) in [6.45, 7) is 0.236. The number of nitrogens with one attached hydrogen (secondary N) is 2. The lowest BCUT2D eigenvalue weighted by Crippen LogP contribution is -2.20. The Hall–Kier alpha value is -3.26. The molecule has 182 valence electrons. The van der Waals surface area contributed by atoms with Crippen LogP contribution in [0.25, 0.3) is 0 Å². The molecule has 0 aliphatic carbocycles. The molecular weight excluding hydrogens is 513 g/mol. The summed E-state index contributed by atoms with van der Waals surface area (Å²) in [4.78, 5) is 24.0. The van der Waals surface area contributed by atoms with Gasteiger partial charge in [0, 0.05) is 28.5 Å². The molecule has 2 N–H and O–H groups in total. The van der Waals surface area contributed by atoms with Crippen molar-refractivity contribution in [1.82, 2.24) is 5.43 Å². The zero-order valence-corrected chi connectivity index (χ0v) is 21.0. The number of methoxy groups -OCH3 is 1. The maximum absolute atomic E-state index is 12.0. The molecule has 0 spiro atoms. The number of ether oxygens (including phenoxy) is 2. The Labute approximate surface area is 218 Å². The third-order valence-electron chi connectivity index (χ3n) is 4.72. The van der Waals surface area contributed by atoms with Gasteiger partial charge in [-0.1, -0.05) is 53.0 Å². The molecule has 3 aromatic carbocycles. The molecule has 0 unspecified atom stereocenters. The second kappa shape index (κ2) is 13.0. The van der Waals surface area contributed by atoms with Gasteiger partial charge in [-0.25, -0.2) is 5.43 Å². The minimum atomic E-state index is -0.401. The Morgan fingerprint density at radius 3 is 2.43 bits per heavy atom. The number of hydrazone groups is 1. The monoisotopic (exact) mass is 533 g/mol. The van der Waals surface area contributed by atoms with Crippen molar-refractivity contribution in [3.05, 3.63) is 86.9 Å². The molecule has 0 aliphatic rings. The van der Waals surface area contributed by atoms with Gasteiger partial charge >= 0.3 is 0 Å². The SMILES string of the molecule is COc1cc(C=NNC(=O)CCC(=O)Nc2ccccc2Cl)ccc1OCc1ccc(Cl)cc1Cl. The molecule has 0 saturated heterocycles. The lowest BCUT2D eigenvalue weighted by Gasteiger charge is -2.12. The zero-order valence-electron chi connectivity index (χ0n) is 18.7. The third-order valence-corrected chi connectivity index (χ3v) is 5.63. The van der Waals surface area contributed by atoms with Gasteiger partial charge in [0.15, 0.2) is 11.5 Å². The van der Waals surface area contributed by atoms with E-state index in [2.05, 4.69) is 15.8 Å². The lowest BCUT2D eigenvalue weighted by molar-refractivity contribution is -0.124. The quantitative estimate of drug-likeness (QED) is 0.243. The van der Waals surface area contributed by atoms with Gasteiger partial charge in [0.2, 0.25) is 11.8 Å². The summed E-state index contributed by atoms with van der Waals surface area (Å²) in [7, 11) is 1.52. The van der Waals surface area contributed by atoms with Crippen LogP contribution in [0, 0.1) is 0 Å². The molecule has 7 nitrogen and oxygen atoms in total. The van der Waals surface area contributed by atoms with Gasteiger partial charge in [-0.05, 0) is 48.0 Å². The van der Waals surface area contributed by atoms with Crippen LogP contribution >= 0.6 is 34.8 Å². The number of hydrogen-bond acceptors (Lipinski definition) is 5. The van der Waals surface area contributed by atoms with Gasteiger partial charge in [0.25, 0.3) is 0 Å². The second-order valence-electron chi connectivity index (χ2n) is 7.26. The van der Waals surface area contributed by atoms with Crippen LogP contribution in [0.1, 0.15) is 24.0 Å². The summed E-state index contributed by atoms with van der Waals surface area (Å²) in [6.07, 6.45) is 1.42. The number of halogens is 3. The Morgan fingerprint density at radius 1 is 0.914 bits per heavy atom. The van der Waals surface area contributed by atoms with Crippen molar-refractivity contribution >= 4 is 58.5 Å². The molecule has 0 aliphatic heterocycles. The van der Waals surface area contributed by atoms with Crippen LogP contribution in [0.3, 0.4) is 0 Å². The standard InChI is InChI=1S/C25H22Cl3N3O4/c1-34-23-12-16(6-9-22(23)35-15-17-7-8-18(26)13-20(17)28)14-29-31-25(33)11-10-24(32)30-21-5-3-2-4-19(21)27/h2-9,12-14H,10-11,15H2,1H3,(H,30,32)(H,31,33). The van der Waals surface area contributed by atoms with Crippen molar-refractivity contribution in [3.8, 4) is 11.5 Å². The molecule has 2 amide bonds. The maximum Gasteiger partial charge on any atom is 0.240 e. The molecular formula is C25H22Cl3N3O4. The average molecular weight is 535 g/mol. The normalized spacial score (nSPS) is 10.7. The summed E-state index contributed by atoms with van der Waals surface area (Å²) in [5, 5.41) is 8.08. The van der Waals surface area contributed by atoms with Crippen LogP contribution in [-0.4, -0.2) is 25.1 Å². The Bertz CT molecular complexity index is 1230. The highest BCUT2D eigenvalue weighted by atomic mass is 35.5. The molecule has 10 heteroatoms. The number of para-hydroxylation sites is 1. The van der Waals surface area contributed by atoms with E-state index in [1.165, 1.54) is 13.3 Å². The van der Waals surface area contributed by atoms with Gasteiger partial charge in [0.05, 0.1) is 24.0 Å². The van der Waals surface area contributed by atoms with E-state index in [0.717, 1.165) is 5.56 Å². The summed E-state index contributed by atoms with van der Waals surface area (Å²) < 4.78 is 11.2. The molecule has 0 fully saturated rings. The lowest BCUT2D eigenvalue weighted by atomic mass is 10.2. The van der Waals surface area contributed by atoms with Crippen LogP contribution < -0.4 is 20.2 Å². The topological polar surface area (TPSA) is 89.0 Å². The number of nitrogens with zero attached hydrogens (tertiary/aromatic N) is 1. The fourth-order valence-corrected chi connectivity index (χ4v) is 3.56. The highest BCUT2D eigenvalue weighted by Crippen LogP contribution is 2.30. The van der Waals surface area contributed by atoms with Crippen LogP contribution in [0.4, 0.5) is 5.69 Å². The van der Waals surface area contributed by atoms with Crippen LogP contribution in [0.2, 0.25) is 15.1 Å². The molecule has 35 heavy (non-hydrogen) atoms. The number of benzene rings is 3. The van der Waals surface area contributed by atoms with Crippen molar-refractivity contribution in [2.75, 3.05) is 12.4 Å². The molecule has 0 saturated carbocycles. The van der Waals surface area contributed by atoms with E-state index in [-0.39, 0.29) is 25.4 Å². The third kappa shape index (κ3) is 8.17. The second-order valence-corrected chi connectivity index (χ2v) is 8.51. The molecule has 3 aromatic rings. The number of hydrogen-bond donors (Lipinski definition) is 2. The van der Waals surface area contributed by atoms with Crippen molar-refractivity contribution in [2.24, 2.45) is 5.10 Å². The van der Waals surface area contributed by atoms with Crippen molar-refractivity contribution in [2.45, 2.75) is 19.4 Å². The highest BCUT2D eigenvalue weighted by molar-refractivity contribution is 6.35. The van der Waals surface area contributed by atoms with E-state index >= 15 is 0 Å². The molecule has 0 atom stereocenters. The summed E-state index contributed by atoms with van der Waals surface area (Å²) in [6, 6.07) is 17.2. The number of carbonyl (C=O) groups excluding carboxylic acids is 2. The van der Waals surface area contributed by atoms with Gasteiger partial charge < -0.3 is 14.8 Å². The van der Waals surface area contributed by atoms with Gasteiger partial charge in [-0.3, -0.25) is 9.59 Å². The number of anilines is 1. The maximum atomic E-state index is 12.0. The van der Waals surface area contributed by atoms with Crippen LogP contribution in [0.5, 0.6) is 11.5 Å². The van der Waals surface area contributed by atoms with Crippen LogP contribution in [0.15, 0.2) is 65.8 Å². The molecule has 0 radical (unpaired) electrons. The van der Waals surface area contributed by atoms with Crippen molar-refractivity contribution in [3.63, 3.8) is 0 Å². The fourth-order valence-electron chi connectivity index (χ4n) is 2.92. The molecule has 0 heterocycles. The van der Waals surface area contributed by atoms with E-state index in [1.54, 1.807) is 60.7 Å². The number of amides is 2. The Morgan fingerprint density at radius 2 is 1.69 bits per heavy atom. The molecule has 0 aromatic heterocycles. The Kier molecular flexibility index (Phi) is 9.78. The predicted molar refractivity (Wildman–Crippen MR) is 139 cm³/mol. The molecule has 0 bridgehead atoms. The predicted octanol–water partition coefficient (Wildman–Crippen LogP) is 6.10. The first-order valence-electron chi connectivity index (χ1n) is 10.5. The van der Waals surface area contributed by atoms with Gasteiger partial charge in [-0.15, -0.1) is 0 Å². The van der Waals surface area contributed by atoms with Gasteiger partial charge in [0.1, 0.15) is 6.61 Å². The first kappa shape index (κ1) is 26.3. The summed E-state index contributed by atoms with van der Waals surface area (Å²) >= 11 is 18.1. The summed E-state index contributed by atoms with van der Waals surface area (Å²) in [5.74, 6) is 0.283. The Balaban J connectivity index is 1.48. The minimum Gasteiger partial charge on any atom is -0.493 e. The largest absolute Gasteiger partial charge is 0.493 e. The van der Waals surface area contributed by atoms with Crippen molar-refractivity contribution < 1.29 is 19.1 Å². The minimum absolute atomic E-state index is 0.00985. The van der Waals surface area contributed by atoms with E-state index in [0.29, 0.717) is 37.8 Å². The average Bonchev–Trinajstić information content (AvgIpc) is 2.84. The van der Waals surface area contributed by atoms with E-state index in [1.807, 2.05) is 0 Å². The van der Waals surface area contributed by atoms with E-state index < -0.39 is 5.91 Å². The fraction of sp³-hybridized carbons (Fsp3) is 0.160. The first-order chi connectivity index (χ1) is 16.9.